The van der Waals surface area contributed by atoms with E-state index in [2.05, 4.69) is 113 Å². The van der Waals surface area contributed by atoms with Crippen LogP contribution in [0.2, 0.25) is 0 Å². The summed E-state index contributed by atoms with van der Waals surface area (Å²) in [5, 5.41) is 22.9. The molecule has 1 aliphatic heterocycles. The van der Waals surface area contributed by atoms with Crippen LogP contribution < -0.4 is 10.5 Å². The summed E-state index contributed by atoms with van der Waals surface area (Å²) in [6.07, 6.45) is 11.3. The Bertz CT molecular complexity index is 3480. The van der Waals surface area contributed by atoms with E-state index in [1.54, 1.807) is 0 Å². The highest BCUT2D eigenvalue weighted by Crippen LogP contribution is 2.57. The highest BCUT2D eigenvalue weighted by atomic mass is 32.1. The fraction of sp³-hybridized carbons (Fsp3) is 0.0870. The number of hydrogen-bond donors (Lipinski definition) is 3. The summed E-state index contributed by atoms with van der Waals surface area (Å²) in [6, 6.07) is 20.8. The van der Waals surface area contributed by atoms with Gasteiger partial charge in [0.1, 0.15) is 0 Å². The second kappa shape index (κ2) is 8.73. The number of aromatic nitrogens is 2. The zero-order chi connectivity index (χ0) is 33.6. The van der Waals surface area contributed by atoms with E-state index in [0.717, 1.165) is 13.0 Å². The highest BCUT2D eigenvalue weighted by Gasteiger charge is 2.38. The molecule has 14 rings (SSSR count). The van der Waals surface area contributed by atoms with Gasteiger partial charge in [0, 0.05) is 87.6 Å². The van der Waals surface area contributed by atoms with Crippen LogP contribution in [0.4, 0.5) is 5.69 Å². The van der Waals surface area contributed by atoms with Crippen LogP contribution in [0.5, 0.6) is 0 Å². The minimum atomic E-state index is 0.818. The molecular formula is C46H27N3S2. The molecule has 3 aliphatic carbocycles. The molecule has 0 unspecified atom stereocenters. The molecule has 3 nitrogen and oxygen atoms in total. The third kappa shape index (κ3) is 2.75. The predicted molar refractivity (Wildman–Crippen MR) is 220 cm³/mol. The molecule has 3 N–H and O–H groups in total. The van der Waals surface area contributed by atoms with E-state index < -0.39 is 0 Å². The van der Waals surface area contributed by atoms with Gasteiger partial charge in [0.15, 0.2) is 0 Å². The first-order valence-corrected chi connectivity index (χ1v) is 19.3. The molecule has 238 valence electrons. The number of fused-ring (bicyclic) bond motifs is 3. The van der Waals surface area contributed by atoms with Crippen molar-refractivity contribution in [2.45, 2.75) is 26.8 Å². The Balaban J connectivity index is 0.00000140. The van der Waals surface area contributed by atoms with Gasteiger partial charge in [-0.05, 0) is 98.1 Å². The van der Waals surface area contributed by atoms with E-state index in [4.69, 9.17) is 0 Å². The van der Waals surface area contributed by atoms with Crippen molar-refractivity contribution in [3.63, 3.8) is 0 Å². The standard InChI is InChI=1S/C44H25N3S2.C2H2/c1-3-18-19-7-5-11-27-32(19)37-23-13-22-30(18)17(2)42-41-33-20(9-6-12-28(33)46-42)24-15-48-29-14-45-26-10-4-8-21-25-16-49-44(43(37)47-27)38(25)35(23)39(31(21)26)40(34(24)29)36(22)41;1-2/h3-12,15-16,45-47H,13-14H2,1-2H3;1-2H/b18-3-;. The highest BCUT2D eigenvalue weighted by molar-refractivity contribution is 7.19. The smallest absolute Gasteiger partial charge is 0.0649 e. The predicted octanol–water partition coefficient (Wildman–Crippen LogP) is 11.6. The van der Waals surface area contributed by atoms with Gasteiger partial charge in [-0.15, -0.1) is 35.5 Å². The molecule has 0 saturated heterocycles. The quantitative estimate of drug-likeness (QED) is 0.108. The van der Waals surface area contributed by atoms with Crippen LogP contribution in [-0.2, 0) is 13.0 Å². The molecule has 6 aromatic carbocycles. The first kappa shape index (κ1) is 27.0. The van der Waals surface area contributed by atoms with Gasteiger partial charge >= 0.3 is 0 Å². The molecule has 5 heterocycles. The van der Waals surface area contributed by atoms with Crippen LogP contribution >= 0.6 is 22.7 Å². The topological polar surface area (TPSA) is 43.6 Å². The number of H-pyrrole nitrogens is 2. The van der Waals surface area contributed by atoms with Crippen molar-refractivity contribution >= 4 is 115 Å². The number of anilines is 1. The van der Waals surface area contributed by atoms with Crippen molar-refractivity contribution in [1.82, 2.24) is 9.97 Å². The van der Waals surface area contributed by atoms with Crippen molar-refractivity contribution in [2.24, 2.45) is 0 Å². The minimum Gasteiger partial charge on any atom is -0.380 e. The van der Waals surface area contributed by atoms with Gasteiger partial charge in [-0.2, -0.15) is 0 Å². The lowest BCUT2D eigenvalue weighted by molar-refractivity contribution is 1.18. The van der Waals surface area contributed by atoms with Gasteiger partial charge in [-0.25, -0.2) is 0 Å². The lowest BCUT2D eigenvalue weighted by atomic mass is 9.78. The number of benzene rings is 6. The molecule has 0 radical (unpaired) electrons. The maximum absolute atomic E-state index is 4.02. The Labute approximate surface area is 299 Å². The summed E-state index contributed by atoms with van der Waals surface area (Å²) in [6.45, 7) is 5.44. The summed E-state index contributed by atoms with van der Waals surface area (Å²) < 4.78 is 1.38. The van der Waals surface area contributed by atoms with Crippen molar-refractivity contribution in [1.29, 1.82) is 0 Å². The van der Waals surface area contributed by atoms with Gasteiger partial charge in [0.05, 0.1) is 22.3 Å². The van der Waals surface area contributed by atoms with Gasteiger partial charge in [0.2, 0.25) is 0 Å². The minimum absolute atomic E-state index is 0.818. The number of hydrogen-bond acceptors (Lipinski definition) is 3. The Morgan fingerprint density at radius 2 is 1.45 bits per heavy atom. The first-order valence-electron chi connectivity index (χ1n) is 17.6. The molecule has 0 spiro atoms. The number of aryl methyl sites for hydroxylation is 1. The SMILES string of the molecule is C#C.C/C=C1\c2c3c4c5c([nH]c6cccc(c65)-c5csc6c5C4=c4c5c(cccc5c5csc7c8[nH]c9cccc1c9c8c(c4c57)C3)NC6)c2C. The maximum Gasteiger partial charge on any atom is 0.0649 e. The molecule has 0 amide bonds. The van der Waals surface area contributed by atoms with Crippen LogP contribution in [0.3, 0.4) is 0 Å². The second-order valence-electron chi connectivity index (χ2n) is 14.4. The number of rotatable bonds is 0. The molecule has 0 fully saturated rings. The molecule has 0 saturated carbocycles. The molecule has 0 atom stereocenters. The number of aromatic amines is 2. The molecule has 4 aliphatic rings. The lowest BCUT2D eigenvalue weighted by Gasteiger charge is -2.25. The Morgan fingerprint density at radius 3 is 2.29 bits per heavy atom. The van der Waals surface area contributed by atoms with Crippen LogP contribution in [0, 0.1) is 19.8 Å². The fourth-order valence-corrected chi connectivity index (χ4v) is 12.9. The number of thiophene rings is 2. The summed E-state index contributed by atoms with van der Waals surface area (Å²) in [5.41, 5.74) is 21.8. The molecule has 5 heteroatoms. The van der Waals surface area contributed by atoms with E-state index in [0.29, 0.717) is 0 Å². The molecule has 2 bridgehead atoms. The summed E-state index contributed by atoms with van der Waals surface area (Å²) in [5.74, 6) is 0. The lowest BCUT2D eigenvalue weighted by Crippen LogP contribution is -2.18. The number of nitrogens with one attached hydrogen (secondary N) is 3. The molecular weight excluding hydrogens is 659 g/mol. The Morgan fingerprint density at radius 1 is 0.667 bits per heavy atom. The second-order valence-corrected chi connectivity index (χ2v) is 16.3. The summed E-state index contributed by atoms with van der Waals surface area (Å²) in [4.78, 5) is 9.45. The van der Waals surface area contributed by atoms with Gasteiger partial charge in [-0.1, -0.05) is 42.5 Å². The first-order chi connectivity index (χ1) is 25.2. The van der Waals surface area contributed by atoms with Crippen molar-refractivity contribution in [3.05, 3.63) is 120 Å². The zero-order valence-corrected chi connectivity index (χ0v) is 29.4. The monoisotopic (exact) mass is 685 g/mol. The maximum atomic E-state index is 4.02. The van der Waals surface area contributed by atoms with E-state index >= 15 is 0 Å². The average Bonchev–Trinajstić information content (AvgIpc) is 3.92. The van der Waals surface area contributed by atoms with Crippen molar-refractivity contribution < 1.29 is 0 Å². The Hall–Kier alpha value is -5.80. The van der Waals surface area contributed by atoms with Crippen molar-refractivity contribution in [2.75, 3.05) is 5.32 Å². The van der Waals surface area contributed by atoms with E-state index in [9.17, 15) is 0 Å². The van der Waals surface area contributed by atoms with Gasteiger partial charge < -0.3 is 15.3 Å². The molecule has 4 aromatic heterocycles. The van der Waals surface area contributed by atoms with Gasteiger partial charge in [-0.3, -0.25) is 0 Å². The summed E-state index contributed by atoms with van der Waals surface area (Å²) in [7, 11) is 0. The van der Waals surface area contributed by atoms with E-state index in [-0.39, 0.29) is 0 Å². The third-order valence-corrected chi connectivity index (χ3v) is 14.5. The number of allylic oxidation sites excluding steroid dienone is 1. The largest absolute Gasteiger partial charge is 0.380 e. The van der Waals surface area contributed by atoms with Crippen LogP contribution in [0.25, 0.3) is 97.5 Å². The van der Waals surface area contributed by atoms with Crippen LogP contribution in [0.15, 0.2) is 71.4 Å². The zero-order valence-electron chi connectivity index (χ0n) is 27.8. The summed E-state index contributed by atoms with van der Waals surface area (Å²) >= 11 is 3.84. The van der Waals surface area contributed by atoms with Gasteiger partial charge in [0.25, 0.3) is 0 Å². The van der Waals surface area contributed by atoms with E-state index in [1.165, 1.54) is 152 Å². The number of terminal acetylenes is 1. The molecule has 51 heavy (non-hydrogen) atoms. The van der Waals surface area contributed by atoms with Crippen LogP contribution in [0.1, 0.15) is 50.7 Å². The third-order valence-electron chi connectivity index (χ3n) is 12.5. The van der Waals surface area contributed by atoms with Crippen molar-refractivity contribution in [3.8, 4) is 24.0 Å². The Kier molecular flexibility index (Phi) is 4.62. The molecule has 10 aromatic rings. The average molecular weight is 686 g/mol. The normalized spacial score (nSPS) is 15.4. The van der Waals surface area contributed by atoms with Crippen LogP contribution in [-0.4, -0.2) is 9.97 Å². The van der Waals surface area contributed by atoms with E-state index in [1.807, 2.05) is 22.7 Å². The fourth-order valence-electron chi connectivity index (χ4n) is 10.8.